The number of alkyl halides is 3. The molecule has 0 spiro atoms. The Kier molecular flexibility index (Phi) is 7.79. The van der Waals surface area contributed by atoms with Gasteiger partial charge in [-0.15, -0.1) is 0 Å². The second-order valence-electron chi connectivity index (χ2n) is 8.26. The Labute approximate surface area is 192 Å². The monoisotopic (exact) mass is 455 g/mol. The molecule has 4 rings (SSSR count). The van der Waals surface area contributed by atoms with Crippen LogP contribution in [0.25, 0.3) is 11.3 Å². The molecule has 2 aromatic carbocycles. The second kappa shape index (κ2) is 10.6. The lowest BCUT2D eigenvalue weighted by atomic mass is 9.99. The van der Waals surface area contributed by atoms with E-state index in [1.807, 2.05) is 0 Å². The molecule has 0 bridgehead atoms. The predicted octanol–water partition coefficient (Wildman–Crippen LogP) is 6.68. The van der Waals surface area contributed by atoms with Crippen LogP contribution in [-0.2, 0) is 29.2 Å². The minimum atomic E-state index is -4.22. The maximum Gasteiger partial charge on any atom is 0.416 e. The Morgan fingerprint density at radius 1 is 1.06 bits per heavy atom. The number of ether oxygens (including phenoxy) is 1. The molecular formula is C27H28F3NO2. The zero-order valence-corrected chi connectivity index (χ0v) is 19.0. The van der Waals surface area contributed by atoms with Gasteiger partial charge in [-0.2, -0.15) is 13.2 Å². The van der Waals surface area contributed by atoms with Crippen molar-refractivity contribution in [1.29, 1.82) is 0 Å². The smallest absolute Gasteiger partial charge is 0.416 e. The van der Waals surface area contributed by atoms with Crippen LogP contribution in [0, 0.1) is 19.8 Å². The van der Waals surface area contributed by atoms with E-state index < -0.39 is 11.7 Å². The summed E-state index contributed by atoms with van der Waals surface area (Å²) in [7, 11) is 2.09. The zero-order valence-electron chi connectivity index (χ0n) is 19.0. The van der Waals surface area contributed by atoms with E-state index in [0.717, 1.165) is 30.6 Å². The van der Waals surface area contributed by atoms with E-state index in [-0.39, 0.29) is 0 Å². The number of hydrogen-bond donors (Lipinski definition) is 0. The lowest BCUT2D eigenvalue weighted by Crippen LogP contribution is -2.04. The summed E-state index contributed by atoms with van der Waals surface area (Å²) in [4.78, 5) is 10.5. The van der Waals surface area contributed by atoms with Crippen molar-refractivity contribution in [2.24, 2.45) is 13.0 Å². The second-order valence-corrected chi connectivity index (χ2v) is 8.26. The number of aromatic nitrogens is 1. The van der Waals surface area contributed by atoms with Crippen molar-refractivity contribution in [1.82, 2.24) is 4.57 Å². The molecule has 6 heteroatoms. The molecule has 174 valence electrons. The number of halogens is 3. The highest BCUT2D eigenvalue weighted by Crippen LogP contribution is 2.29. The van der Waals surface area contributed by atoms with E-state index in [2.05, 4.69) is 61.0 Å². The average molecular weight is 456 g/mol. The Hall–Kier alpha value is -3.28. The summed E-state index contributed by atoms with van der Waals surface area (Å²) < 4.78 is 43.6. The fourth-order valence-corrected chi connectivity index (χ4v) is 3.74. The van der Waals surface area contributed by atoms with Crippen molar-refractivity contribution in [3.63, 3.8) is 0 Å². The SMILES string of the molecule is Cc1ccc(-c2ccc(CC3C=C(CC=O)OC3)cc2)n1C.Cc1cccc(C(F)(F)F)c1. The van der Waals surface area contributed by atoms with Gasteiger partial charge in [0.25, 0.3) is 0 Å². The number of carbonyl (C=O) groups is 1. The molecule has 0 amide bonds. The van der Waals surface area contributed by atoms with Gasteiger partial charge in [0, 0.05) is 24.4 Å². The highest BCUT2D eigenvalue weighted by atomic mass is 19.4. The van der Waals surface area contributed by atoms with E-state index in [1.165, 1.54) is 28.6 Å². The van der Waals surface area contributed by atoms with Gasteiger partial charge in [-0.25, -0.2) is 0 Å². The van der Waals surface area contributed by atoms with E-state index in [0.29, 0.717) is 24.5 Å². The standard InChI is InChI=1S/C19H21NO2.C8H7F3/c1-14-3-8-19(20(14)2)17-6-4-15(5-7-17)11-16-12-18(9-10-21)22-13-16;1-6-3-2-4-7(5-6)8(9,10)11/h3-8,10,12,16H,9,11,13H2,1-2H3;2-5H,1H3. The van der Waals surface area contributed by atoms with Crippen LogP contribution in [-0.4, -0.2) is 17.5 Å². The first-order valence-electron chi connectivity index (χ1n) is 10.8. The molecule has 1 aliphatic heterocycles. The molecule has 1 unspecified atom stereocenters. The molecule has 3 nitrogen and oxygen atoms in total. The summed E-state index contributed by atoms with van der Waals surface area (Å²) in [5, 5.41) is 0. The van der Waals surface area contributed by atoms with Gasteiger partial charge in [0.2, 0.25) is 0 Å². The number of rotatable bonds is 5. The predicted molar refractivity (Wildman–Crippen MR) is 124 cm³/mol. The van der Waals surface area contributed by atoms with E-state index in [9.17, 15) is 18.0 Å². The van der Waals surface area contributed by atoms with E-state index >= 15 is 0 Å². The van der Waals surface area contributed by atoms with Gasteiger partial charge < -0.3 is 14.1 Å². The van der Waals surface area contributed by atoms with Crippen molar-refractivity contribution >= 4 is 6.29 Å². The van der Waals surface area contributed by atoms with Crippen molar-refractivity contribution in [3.8, 4) is 11.3 Å². The van der Waals surface area contributed by atoms with Crippen LogP contribution in [0.5, 0.6) is 0 Å². The normalized spacial score (nSPS) is 15.3. The molecule has 3 aromatic rings. The third-order valence-electron chi connectivity index (χ3n) is 5.65. The van der Waals surface area contributed by atoms with Gasteiger partial charge >= 0.3 is 6.18 Å². The summed E-state index contributed by atoms with van der Waals surface area (Å²) in [6.07, 6.45) is 0.108. The first kappa shape index (κ1) is 24.4. The highest BCUT2D eigenvalue weighted by Gasteiger charge is 2.29. The fourth-order valence-electron chi connectivity index (χ4n) is 3.74. The largest absolute Gasteiger partial charge is 0.497 e. The summed E-state index contributed by atoms with van der Waals surface area (Å²) in [5.74, 6) is 1.19. The fraction of sp³-hybridized carbons (Fsp3) is 0.296. The van der Waals surface area contributed by atoms with E-state index in [1.54, 1.807) is 13.0 Å². The summed E-state index contributed by atoms with van der Waals surface area (Å²) in [6.45, 7) is 4.43. The van der Waals surface area contributed by atoms with Gasteiger partial charge in [0.15, 0.2) is 0 Å². The van der Waals surface area contributed by atoms with Gasteiger partial charge in [0.05, 0.1) is 24.4 Å². The van der Waals surface area contributed by atoms with Crippen LogP contribution >= 0.6 is 0 Å². The van der Waals surface area contributed by atoms with Gasteiger partial charge in [-0.05, 0) is 55.7 Å². The Balaban J connectivity index is 0.000000235. The molecule has 2 heterocycles. The molecule has 0 N–H and O–H groups in total. The van der Waals surface area contributed by atoms with Gasteiger partial charge in [0.1, 0.15) is 6.29 Å². The molecule has 0 saturated carbocycles. The van der Waals surface area contributed by atoms with Crippen LogP contribution < -0.4 is 0 Å². The van der Waals surface area contributed by atoms with E-state index in [4.69, 9.17) is 4.74 Å². The third-order valence-corrected chi connectivity index (χ3v) is 5.65. The molecule has 0 fully saturated rings. The highest BCUT2D eigenvalue weighted by molar-refractivity contribution is 5.61. The molecule has 1 aromatic heterocycles. The lowest BCUT2D eigenvalue weighted by molar-refractivity contribution is -0.137. The van der Waals surface area contributed by atoms with Gasteiger partial charge in [-0.3, -0.25) is 0 Å². The number of hydrogen-bond acceptors (Lipinski definition) is 2. The Morgan fingerprint density at radius 2 is 1.79 bits per heavy atom. The molecule has 33 heavy (non-hydrogen) atoms. The summed E-state index contributed by atoms with van der Waals surface area (Å²) in [6, 6.07) is 18.2. The van der Waals surface area contributed by atoms with Crippen LogP contribution in [0.4, 0.5) is 13.2 Å². The minimum Gasteiger partial charge on any atom is -0.497 e. The van der Waals surface area contributed by atoms with Crippen LogP contribution in [0.1, 0.15) is 28.8 Å². The maximum absolute atomic E-state index is 12.0. The molecule has 0 aliphatic carbocycles. The summed E-state index contributed by atoms with van der Waals surface area (Å²) in [5.41, 5.74) is 5.07. The van der Waals surface area contributed by atoms with Gasteiger partial charge in [-0.1, -0.05) is 48.0 Å². The molecule has 1 aliphatic rings. The number of aryl methyl sites for hydroxylation is 2. The first-order chi connectivity index (χ1) is 15.7. The van der Waals surface area contributed by atoms with Crippen LogP contribution in [0.3, 0.4) is 0 Å². The third kappa shape index (κ3) is 6.60. The molecule has 1 atom stereocenters. The number of carbonyl (C=O) groups excluding carboxylic acids is 1. The van der Waals surface area contributed by atoms with Crippen molar-refractivity contribution in [2.45, 2.75) is 32.9 Å². The van der Waals surface area contributed by atoms with Crippen LogP contribution in [0.15, 0.2) is 72.5 Å². The van der Waals surface area contributed by atoms with Crippen molar-refractivity contribution in [2.75, 3.05) is 6.61 Å². The quantitative estimate of drug-likeness (QED) is 0.402. The zero-order chi connectivity index (χ0) is 24.0. The molecule has 0 radical (unpaired) electrons. The molecular weight excluding hydrogens is 427 g/mol. The first-order valence-corrected chi connectivity index (χ1v) is 10.8. The number of aldehydes is 1. The summed E-state index contributed by atoms with van der Waals surface area (Å²) >= 11 is 0. The average Bonchev–Trinajstić information content (AvgIpc) is 3.35. The van der Waals surface area contributed by atoms with Crippen LogP contribution in [0.2, 0.25) is 0 Å². The van der Waals surface area contributed by atoms with Crippen molar-refractivity contribution < 1.29 is 22.7 Å². The Bertz CT molecular complexity index is 1110. The maximum atomic E-state index is 12.0. The lowest BCUT2D eigenvalue weighted by Gasteiger charge is -2.09. The van der Waals surface area contributed by atoms with Crippen molar-refractivity contribution in [3.05, 3.63) is 94.9 Å². The number of allylic oxidation sites excluding steroid dienone is 1. The Morgan fingerprint density at radius 3 is 2.33 bits per heavy atom. The number of benzene rings is 2. The topological polar surface area (TPSA) is 31.2 Å². The minimum absolute atomic E-state index is 0.373. The number of nitrogens with zero attached hydrogens (tertiary/aromatic N) is 1. The molecule has 0 saturated heterocycles.